The molecule has 0 atom stereocenters. The van der Waals surface area contributed by atoms with Gasteiger partial charge in [0.15, 0.2) is 12.4 Å². The lowest BCUT2D eigenvalue weighted by Crippen LogP contribution is -2.18. The molecule has 1 heterocycles. The van der Waals surface area contributed by atoms with Crippen molar-refractivity contribution in [3.63, 3.8) is 0 Å². The topological polar surface area (TPSA) is 86.8 Å². The predicted molar refractivity (Wildman–Crippen MR) is 90.2 cm³/mol. The molecule has 2 aromatic rings. The van der Waals surface area contributed by atoms with Crippen LogP contribution < -0.4 is 10.5 Å². The molecule has 1 aromatic heterocycles. The third-order valence-corrected chi connectivity index (χ3v) is 3.86. The van der Waals surface area contributed by atoms with Gasteiger partial charge in [-0.15, -0.1) is 0 Å². The van der Waals surface area contributed by atoms with Gasteiger partial charge < -0.3 is 15.3 Å². The van der Waals surface area contributed by atoms with Crippen molar-refractivity contribution in [1.82, 2.24) is 4.98 Å². The summed E-state index contributed by atoms with van der Waals surface area (Å²) in [6.45, 7) is 3.57. The van der Waals surface area contributed by atoms with Crippen LogP contribution in [0.1, 0.15) is 16.7 Å². The first-order chi connectivity index (χ1) is 11.0. The number of nitrogens with two attached hydrogens (primary N) is 1. The second kappa shape index (κ2) is 7.73. The van der Waals surface area contributed by atoms with Crippen LogP contribution >= 0.6 is 15.9 Å². The molecule has 2 rings (SSSR count). The maximum absolute atomic E-state index is 11.7. The molecule has 0 fully saturated rings. The van der Waals surface area contributed by atoms with Gasteiger partial charge in [-0.25, -0.2) is 4.79 Å². The zero-order valence-electron chi connectivity index (χ0n) is 12.7. The van der Waals surface area contributed by atoms with Crippen LogP contribution in [0.3, 0.4) is 0 Å². The molecule has 0 amide bonds. The number of benzene rings is 1. The van der Waals surface area contributed by atoms with Crippen LogP contribution in [0.25, 0.3) is 0 Å². The number of oxime groups is 1. The Morgan fingerprint density at radius 2 is 2.13 bits per heavy atom. The largest absolute Gasteiger partial charge is 0.482 e. The van der Waals surface area contributed by atoms with Crippen molar-refractivity contribution in [2.24, 2.45) is 10.9 Å². The average molecular weight is 378 g/mol. The van der Waals surface area contributed by atoms with E-state index in [-0.39, 0.29) is 12.4 Å². The van der Waals surface area contributed by atoms with Gasteiger partial charge in [0.1, 0.15) is 5.75 Å². The Hall–Kier alpha value is -2.41. The third-order valence-electron chi connectivity index (χ3n) is 3.00. The number of pyridine rings is 1. The first-order valence-electron chi connectivity index (χ1n) is 6.80. The van der Waals surface area contributed by atoms with E-state index in [9.17, 15) is 4.79 Å². The summed E-state index contributed by atoms with van der Waals surface area (Å²) in [5.41, 5.74) is 8.19. The lowest BCUT2D eigenvalue weighted by molar-refractivity contribution is -0.146. The van der Waals surface area contributed by atoms with Gasteiger partial charge >= 0.3 is 5.97 Å². The number of nitrogens with zero attached hydrogens (tertiary/aromatic N) is 2. The molecule has 0 bridgehead atoms. The maximum Gasteiger partial charge on any atom is 0.372 e. The Morgan fingerprint density at radius 1 is 1.35 bits per heavy atom. The molecule has 120 valence electrons. The second-order valence-corrected chi connectivity index (χ2v) is 5.69. The molecule has 0 radical (unpaired) electrons. The van der Waals surface area contributed by atoms with Gasteiger partial charge in [0.05, 0.1) is 0 Å². The summed E-state index contributed by atoms with van der Waals surface area (Å²) >= 11 is 3.44. The number of aryl methyl sites for hydroxylation is 2. The molecular formula is C16H16BrN3O3. The SMILES string of the molecule is Cc1cc(OCC(=O)ON=C(N)c2cccnc2)c(C)cc1Br. The van der Waals surface area contributed by atoms with Gasteiger partial charge in [0, 0.05) is 22.4 Å². The van der Waals surface area contributed by atoms with Gasteiger partial charge in [-0.3, -0.25) is 4.98 Å². The van der Waals surface area contributed by atoms with Gasteiger partial charge in [-0.05, 0) is 49.2 Å². The summed E-state index contributed by atoms with van der Waals surface area (Å²) < 4.78 is 6.44. The van der Waals surface area contributed by atoms with Gasteiger partial charge in [-0.2, -0.15) is 0 Å². The molecule has 7 heteroatoms. The van der Waals surface area contributed by atoms with Crippen LogP contribution in [0.4, 0.5) is 0 Å². The molecule has 0 aliphatic rings. The Morgan fingerprint density at radius 3 is 2.83 bits per heavy atom. The number of ether oxygens (including phenoxy) is 1. The smallest absolute Gasteiger partial charge is 0.372 e. The van der Waals surface area contributed by atoms with E-state index in [0.29, 0.717) is 11.3 Å². The quantitative estimate of drug-likeness (QED) is 0.374. The minimum absolute atomic E-state index is 0.0714. The predicted octanol–water partition coefficient (Wildman–Crippen LogP) is 2.70. The van der Waals surface area contributed by atoms with Crippen molar-refractivity contribution in [2.45, 2.75) is 13.8 Å². The van der Waals surface area contributed by atoms with E-state index in [1.54, 1.807) is 18.3 Å². The summed E-state index contributed by atoms with van der Waals surface area (Å²) in [7, 11) is 0. The van der Waals surface area contributed by atoms with Gasteiger partial charge in [-0.1, -0.05) is 21.1 Å². The summed E-state index contributed by atoms with van der Waals surface area (Å²) in [5, 5.41) is 3.58. The first-order valence-corrected chi connectivity index (χ1v) is 7.60. The minimum Gasteiger partial charge on any atom is -0.482 e. The standard InChI is InChI=1S/C16H16BrN3O3/c1-10-7-14(11(2)6-13(10)17)22-9-15(21)23-20-16(18)12-4-3-5-19-8-12/h3-8H,9H2,1-2H3,(H2,18,20). The van der Waals surface area contributed by atoms with Crippen LogP contribution in [0.5, 0.6) is 5.75 Å². The summed E-state index contributed by atoms with van der Waals surface area (Å²) in [4.78, 5) is 20.3. The Labute approximate surface area is 142 Å². The van der Waals surface area contributed by atoms with Crippen LogP contribution in [0, 0.1) is 13.8 Å². The van der Waals surface area contributed by atoms with Gasteiger partial charge in [0.25, 0.3) is 0 Å². The summed E-state index contributed by atoms with van der Waals surface area (Å²) in [6.07, 6.45) is 3.14. The molecule has 6 nitrogen and oxygen atoms in total. The number of hydrogen-bond donors (Lipinski definition) is 1. The van der Waals surface area contributed by atoms with Crippen molar-refractivity contribution in [3.8, 4) is 5.75 Å². The van der Waals surface area contributed by atoms with E-state index >= 15 is 0 Å². The molecule has 0 saturated heterocycles. The van der Waals surface area contributed by atoms with Crippen molar-refractivity contribution in [3.05, 3.63) is 57.8 Å². The van der Waals surface area contributed by atoms with Crippen LogP contribution in [-0.4, -0.2) is 23.4 Å². The highest BCUT2D eigenvalue weighted by Gasteiger charge is 2.09. The van der Waals surface area contributed by atoms with Crippen LogP contribution in [-0.2, 0) is 9.63 Å². The Kier molecular flexibility index (Phi) is 5.70. The average Bonchev–Trinajstić information content (AvgIpc) is 2.55. The molecule has 1 aromatic carbocycles. The van der Waals surface area contributed by atoms with Crippen LogP contribution in [0.15, 0.2) is 46.3 Å². The van der Waals surface area contributed by atoms with Gasteiger partial charge in [0.2, 0.25) is 0 Å². The molecule has 0 aliphatic carbocycles. The minimum atomic E-state index is -0.642. The van der Waals surface area contributed by atoms with E-state index in [0.717, 1.165) is 15.6 Å². The van der Waals surface area contributed by atoms with E-state index in [1.165, 1.54) is 6.20 Å². The molecule has 0 unspecified atom stereocenters. The van der Waals surface area contributed by atoms with E-state index in [4.69, 9.17) is 15.3 Å². The number of hydrogen-bond acceptors (Lipinski definition) is 5. The normalized spacial score (nSPS) is 11.2. The molecule has 0 spiro atoms. The molecule has 2 N–H and O–H groups in total. The van der Waals surface area contributed by atoms with E-state index in [2.05, 4.69) is 26.1 Å². The highest BCUT2D eigenvalue weighted by Crippen LogP contribution is 2.26. The number of carbonyl (C=O) groups is 1. The van der Waals surface area contributed by atoms with Crippen molar-refractivity contribution < 1.29 is 14.4 Å². The molecule has 23 heavy (non-hydrogen) atoms. The molecule has 0 aliphatic heterocycles. The molecule has 0 saturated carbocycles. The van der Waals surface area contributed by atoms with E-state index in [1.807, 2.05) is 26.0 Å². The molecular weight excluding hydrogens is 362 g/mol. The fraction of sp³-hybridized carbons (Fsp3) is 0.188. The fourth-order valence-electron chi connectivity index (χ4n) is 1.74. The monoisotopic (exact) mass is 377 g/mol. The first kappa shape index (κ1) is 17.0. The number of aromatic nitrogens is 1. The third kappa shape index (κ3) is 4.79. The van der Waals surface area contributed by atoms with Crippen molar-refractivity contribution >= 4 is 27.7 Å². The highest BCUT2D eigenvalue weighted by atomic mass is 79.9. The number of rotatable bonds is 5. The van der Waals surface area contributed by atoms with Crippen LogP contribution in [0.2, 0.25) is 0 Å². The van der Waals surface area contributed by atoms with Crippen molar-refractivity contribution in [1.29, 1.82) is 0 Å². The van der Waals surface area contributed by atoms with Crippen molar-refractivity contribution in [2.75, 3.05) is 6.61 Å². The zero-order valence-corrected chi connectivity index (χ0v) is 14.3. The second-order valence-electron chi connectivity index (χ2n) is 4.84. The summed E-state index contributed by atoms with van der Waals surface area (Å²) in [5.74, 6) is 0.0470. The maximum atomic E-state index is 11.7. The fourth-order valence-corrected chi connectivity index (χ4v) is 2.20. The number of amidine groups is 1. The zero-order chi connectivity index (χ0) is 16.8. The van der Waals surface area contributed by atoms with E-state index < -0.39 is 5.97 Å². The number of carbonyl (C=O) groups excluding carboxylic acids is 1. The lowest BCUT2D eigenvalue weighted by Gasteiger charge is -2.10. The summed E-state index contributed by atoms with van der Waals surface area (Å²) in [6, 6.07) is 7.19. The Bertz CT molecular complexity index is 733. The Balaban J connectivity index is 1.92. The number of halogens is 1. The highest BCUT2D eigenvalue weighted by molar-refractivity contribution is 9.10. The lowest BCUT2D eigenvalue weighted by atomic mass is 10.1.